The molecule has 0 saturated carbocycles. The summed E-state index contributed by atoms with van der Waals surface area (Å²) in [5.74, 6) is 0.396. The zero-order chi connectivity index (χ0) is 18.9. The molecule has 2 amide bonds. The van der Waals surface area contributed by atoms with Gasteiger partial charge in [-0.15, -0.1) is 0 Å². The highest BCUT2D eigenvalue weighted by atomic mass is 35.5. The van der Waals surface area contributed by atoms with Crippen LogP contribution in [-0.4, -0.2) is 25.0 Å². The fourth-order valence-corrected chi connectivity index (χ4v) is 2.42. The monoisotopic (exact) mass is 374 g/mol. The number of hydrogen-bond donors (Lipinski definition) is 2. The zero-order valence-electron chi connectivity index (χ0n) is 15.0. The predicted molar refractivity (Wildman–Crippen MR) is 104 cm³/mol. The molecule has 2 aromatic rings. The molecule has 0 aliphatic heterocycles. The average Bonchev–Trinajstić information content (AvgIpc) is 2.62. The summed E-state index contributed by atoms with van der Waals surface area (Å²) in [5, 5.41) is 6.14. The topological polar surface area (TPSA) is 67.4 Å². The summed E-state index contributed by atoms with van der Waals surface area (Å²) in [6.45, 7) is 4.88. The van der Waals surface area contributed by atoms with Gasteiger partial charge in [-0.2, -0.15) is 0 Å². The SMILES string of the molecule is CCCOc1ccc(NC(=O)CCNC(=O)c2ccc(Cl)cc2)c(C)c1. The standard InChI is InChI=1S/C20H23ClN2O3/c1-3-12-26-17-8-9-18(14(2)13-17)23-19(24)10-11-22-20(25)15-4-6-16(21)7-5-15/h4-9,13H,3,10-12H2,1-2H3,(H,22,25)(H,23,24). The van der Waals surface area contributed by atoms with Crippen LogP contribution in [0.2, 0.25) is 5.02 Å². The van der Waals surface area contributed by atoms with Crippen LogP contribution in [0.15, 0.2) is 42.5 Å². The first kappa shape index (κ1) is 19.8. The normalized spacial score (nSPS) is 10.3. The van der Waals surface area contributed by atoms with Crippen LogP contribution >= 0.6 is 11.6 Å². The van der Waals surface area contributed by atoms with Gasteiger partial charge in [0, 0.05) is 29.2 Å². The van der Waals surface area contributed by atoms with Gasteiger partial charge in [-0.1, -0.05) is 18.5 Å². The summed E-state index contributed by atoms with van der Waals surface area (Å²) >= 11 is 5.79. The highest BCUT2D eigenvalue weighted by molar-refractivity contribution is 6.30. The number of benzene rings is 2. The third kappa shape index (κ3) is 6.08. The Labute approximate surface area is 158 Å². The summed E-state index contributed by atoms with van der Waals surface area (Å²) in [4.78, 5) is 24.0. The molecule has 0 atom stereocenters. The predicted octanol–water partition coefficient (Wildman–Crippen LogP) is 4.20. The quantitative estimate of drug-likeness (QED) is 0.727. The Bertz CT molecular complexity index is 760. The molecule has 0 aliphatic carbocycles. The molecule has 0 radical (unpaired) electrons. The number of nitrogens with one attached hydrogen (secondary N) is 2. The molecule has 0 aliphatic rings. The van der Waals surface area contributed by atoms with Crippen molar-refractivity contribution in [2.75, 3.05) is 18.5 Å². The van der Waals surface area contributed by atoms with Gasteiger partial charge in [-0.05, 0) is 61.4 Å². The van der Waals surface area contributed by atoms with Crippen molar-refractivity contribution in [1.29, 1.82) is 0 Å². The summed E-state index contributed by atoms with van der Waals surface area (Å²) in [7, 11) is 0. The van der Waals surface area contributed by atoms with E-state index in [9.17, 15) is 9.59 Å². The molecule has 0 bridgehead atoms. The highest BCUT2D eigenvalue weighted by Crippen LogP contribution is 2.21. The molecule has 0 spiro atoms. The summed E-state index contributed by atoms with van der Waals surface area (Å²) in [6.07, 6.45) is 1.13. The van der Waals surface area contributed by atoms with E-state index in [1.807, 2.05) is 32.0 Å². The highest BCUT2D eigenvalue weighted by Gasteiger charge is 2.08. The van der Waals surface area contributed by atoms with E-state index in [4.69, 9.17) is 16.3 Å². The Kier molecular flexibility index (Phi) is 7.48. The van der Waals surface area contributed by atoms with Crippen LogP contribution in [-0.2, 0) is 4.79 Å². The van der Waals surface area contributed by atoms with Gasteiger partial charge >= 0.3 is 0 Å². The molecule has 0 heterocycles. The fourth-order valence-electron chi connectivity index (χ4n) is 2.29. The van der Waals surface area contributed by atoms with Gasteiger partial charge in [0.25, 0.3) is 5.91 Å². The largest absolute Gasteiger partial charge is 0.494 e. The number of ether oxygens (including phenoxy) is 1. The number of anilines is 1. The molecule has 138 valence electrons. The van der Waals surface area contributed by atoms with E-state index >= 15 is 0 Å². The van der Waals surface area contributed by atoms with Crippen molar-refractivity contribution in [1.82, 2.24) is 5.32 Å². The maximum atomic E-state index is 12.1. The Morgan fingerprint density at radius 3 is 2.50 bits per heavy atom. The van der Waals surface area contributed by atoms with Crippen LogP contribution in [0.5, 0.6) is 5.75 Å². The molecule has 6 heteroatoms. The smallest absolute Gasteiger partial charge is 0.251 e. The average molecular weight is 375 g/mol. The van der Waals surface area contributed by atoms with E-state index < -0.39 is 0 Å². The molecule has 0 unspecified atom stereocenters. The van der Waals surface area contributed by atoms with Gasteiger partial charge in [0.1, 0.15) is 5.75 Å². The van der Waals surface area contributed by atoms with Crippen LogP contribution in [0.25, 0.3) is 0 Å². The number of hydrogen-bond acceptors (Lipinski definition) is 3. The van der Waals surface area contributed by atoms with E-state index in [0.29, 0.717) is 17.2 Å². The number of carbonyl (C=O) groups excluding carboxylic acids is 2. The molecule has 26 heavy (non-hydrogen) atoms. The van der Waals surface area contributed by atoms with Crippen LogP contribution in [0.3, 0.4) is 0 Å². The van der Waals surface area contributed by atoms with E-state index in [1.165, 1.54) is 0 Å². The van der Waals surface area contributed by atoms with Crippen LogP contribution < -0.4 is 15.4 Å². The molecule has 2 rings (SSSR count). The van der Waals surface area contributed by atoms with Crippen LogP contribution in [0.4, 0.5) is 5.69 Å². The van der Waals surface area contributed by atoms with E-state index in [0.717, 1.165) is 23.4 Å². The van der Waals surface area contributed by atoms with Crippen molar-refractivity contribution in [3.63, 3.8) is 0 Å². The van der Waals surface area contributed by atoms with Crippen molar-refractivity contribution in [2.24, 2.45) is 0 Å². The third-order valence-corrected chi connectivity index (χ3v) is 3.94. The Hall–Kier alpha value is -2.53. The Morgan fingerprint density at radius 2 is 1.85 bits per heavy atom. The molecule has 2 N–H and O–H groups in total. The molecular weight excluding hydrogens is 352 g/mol. The molecule has 0 aromatic heterocycles. The maximum Gasteiger partial charge on any atom is 0.251 e. The van der Waals surface area contributed by atoms with Crippen molar-refractivity contribution >= 4 is 29.1 Å². The molecule has 0 fully saturated rings. The van der Waals surface area contributed by atoms with Crippen LogP contribution in [0, 0.1) is 6.92 Å². The Morgan fingerprint density at radius 1 is 1.12 bits per heavy atom. The lowest BCUT2D eigenvalue weighted by molar-refractivity contribution is -0.116. The maximum absolute atomic E-state index is 12.1. The Balaban J connectivity index is 1.79. The zero-order valence-corrected chi connectivity index (χ0v) is 15.7. The minimum atomic E-state index is -0.233. The van der Waals surface area contributed by atoms with Crippen LogP contribution in [0.1, 0.15) is 35.7 Å². The van der Waals surface area contributed by atoms with Gasteiger partial charge in [-0.3, -0.25) is 9.59 Å². The van der Waals surface area contributed by atoms with Gasteiger partial charge in [0.2, 0.25) is 5.91 Å². The minimum Gasteiger partial charge on any atom is -0.494 e. The lowest BCUT2D eigenvalue weighted by atomic mass is 10.2. The summed E-state index contributed by atoms with van der Waals surface area (Å²) in [6, 6.07) is 12.1. The van der Waals surface area contributed by atoms with Gasteiger partial charge in [-0.25, -0.2) is 0 Å². The first-order chi connectivity index (χ1) is 12.5. The number of amides is 2. The second kappa shape index (κ2) is 9.82. The van der Waals surface area contributed by atoms with Crippen molar-refractivity contribution in [3.05, 3.63) is 58.6 Å². The number of carbonyl (C=O) groups is 2. The van der Waals surface area contributed by atoms with E-state index in [-0.39, 0.29) is 24.8 Å². The second-order valence-electron chi connectivity index (χ2n) is 5.89. The van der Waals surface area contributed by atoms with Gasteiger partial charge in [0.05, 0.1) is 6.61 Å². The van der Waals surface area contributed by atoms with E-state index in [1.54, 1.807) is 24.3 Å². The molecule has 2 aromatic carbocycles. The van der Waals surface area contributed by atoms with Gasteiger partial charge < -0.3 is 15.4 Å². The third-order valence-electron chi connectivity index (χ3n) is 3.69. The first-order valence-corrected chi connectivity index (χ1v) is 8.94. The first-order valence-electron chi connectivity index (χ1n) is 8.56. The fraction of sp³-hybridized carbons (Fsp3) is 0.300. The molecule has 0 saturated heterocycles. The van der Waals surface area contributed by atoms with Gasteiger partial charge in [0.15, 0.2) is 0 Å². The number of halogens is 1. The summed E-state index contributed by atoms with van der Waals surface area (Å²) in [5.41, 5.74) is 2.17. The molecule has 5 nitrogen and oxygen atoms in total. The second-order valence-corrected chi connectivity index (χ2v) is 6.32. The van der Waals surface area contributed by atoms with Crippen molar-refractivity contribution in [3.8, 4) is 5.75 Å². The van der Waals surface area contributed by atoms with Crippen molar-refractivity contribution < 1.29 is 14.3 Å². The summed E-state index contributed by atoms with van der Waals surface area (Å²) < 4.78 is 5.57. The van der Waals surface area contributed by atoms with E-state index in [2.05, 4.69) is 10.6 Å². The lowest BCUT2D eigenvalue weighted by Crippen LogP contribution is -2.27. The van der Waals surface area contributed by atoms with Crippen molar-refractivity contribution in [2.45, 2.75) is 26.7 Å². The minimum absolute atomic E-state index is 0.160. The number of aryl methyl sites for hydroxylation is 1. The number of rotatable bonds is 8. The lowest BCUT2D eigenvalue weighted by Gasteiger charge is -2.11. The molecular formula is C20H23ClN2O3.